The van der Waals surface area contributed by atoms with Crippen LogP contribution in [0.25, 0.3) is 0 Å². The highest BCUT2D eigenvalue weighted by atomic mass is 14.4. The van der Waals surface area contributed by atoms with Gasteiger partial charge in [0.05, 0.1) is 0 Å². The van der Waals surface area contributed by atoms with E-state index in [9.17, 15) is 0 Å². The first-order chi connectivity index (χ1) is 5.88. The van der Waals surface area contributed by atoms with E-state index in [0.717, 1.165) is 6.42 Å². The molecular formula is C12H23. The van der Waals surface area contributed by atoms with Crippen LogP contribution in [0.4, 0.5) is 0 Å². The maximum Gasteiger partial charge on any atom is -0.0386 e. The summed E-state index contributed by atoms with van der Waals surface area (Å²) >= 11 is 0. The van der Waals surface area contributed by atoms with E-state index in [1.54, 1.807) is 25.7 Å². The van der Waals surface area contributed by atoms with Crippen molar-refractivity contribution in [2.45, 2.75) is 58.3 Å². The lowest BCUT2D eigenvalue weighted by Gasteiger charge is -2.20. The van der Waals surface area contributed by atoms with Gasteiger partial charge in [0.2, 0.25) is 0 Å². The molecule has 0 heterocycles. The molecule has 0 aromatic carbocycles. The molecule has 0 N–H and O–H groups in total. The summed E-state index contributed by atoms with van der Waals surface area (Å²) in [6.07, 6.45) is 11.8. The molecule has 1 radical (unpaired) electrons. The summed E-state index contributed by atoms with van der Waals surface area (Å²) in [6.45, 7) is 5.50. The van der Waals surface area contributed by atoms with Crippen LogP contribution >= 0.6 is 0 Å². The van der Waals surface area contributed by atoms with Crippen LogP contribution in [0, 0.1) is 18.8 Å². The molecule has 0 atom stereocenters. The molecular weight excluding hydrogens is 144 g/mol. The first kappa shape index (κ1) is 10.1. The summed E-state index contributed by atoms with van der Waals surface area (Å²) < 4.78 is 0. The fourth-order valence-corrected chi connectivity index (χ4v) is 2.17. The fraction of sp³-hybridized carbons (Fsp3) is 0.917. The van der Waals surface area contributed by atoms with Gasteiger partial charge in [0.1, 0.15) is 0 Å². The smallest absolute Gasteiger partial charge is 0.0386 e. The molecule has 2 fully saturated rings. The third kappa shape index (κ3) is 3.60. The monoisotopic (exact) mass is 167 g/mol. The molecule has 2 rings (SSSR count). The molecule has 2 aliphatic carbocycles. The molecule has 0 aliphatic heterocycles. The van der Waals surface area contributed by atoms with Gasteiger partial charge in [-0.15, -0.1) is 0 Å². The molecule has 2 saturated carbocycles. The number of hydrogen-bond acceptors (Lipinski definition) is 0. The van der Waals surface area contributed by atoms with Crippen molar-refractivity contribution in [3.8, 4) is 0 Å². The van der Waals surface area contributed by atoms with Crippen molar-refractivity contribution in [2.24, 2.45) is 11.8 Å². The van der Waals surface area contributed by atoms with Crippen molar-refractivity contribution in [2.75, 3.05) is 0 Å². The second kappa shape index (κ2) is 5.61. The Kier molecular flexibility index (Phi) is 4.72. The van der Waals surface area contributed by atoms with Gasteiger partial charge in [0.25, 0.3) is 0 Å². The van der Waals surface area contributed by atoms with E-state index in [-0.39, 0.29) is 0 Å². The van der Waals surface area contributed by atoms with Gasteiger partial charge in [-0.05, 0) is 24.7 Å². The summed E-state index contributed by atoms with van der Waals surface area (Å²) in [4.78, 5) is 0. The molecule has 0 spiro atoms. The van der Waals surface area contributed by atoms with Gasteiger partial charge >= 0.3 is 0 Å². The van der Waals surface area contributed by atoms with Crippen LogP contribution in [-0.4, -0.2) is 0 Å². The molecule has 0 nitrogen and oxygen atoms in total. The summed E-state index contributed by atoms with van der Waals surface area (Å²) in [5, 5.41) is 0. The topological polar surface area (TPSA) is 0 Å². The Morgan fingerprint density at radius 3 is 1.75 bits per heavy atom. The molecule has 0 aromatic rings. The number of hydrogen-bond donors (Lipinski definition) is 0. The van der Waals surface area contributed by atoms with E-state index in [1.165, 1.54) is 31.1 Å². The standard InChI is InChI=1S/C9H16.C3H7/c1-2-4-8(5-3-1)9-6-7-9;1-3-2/h8-9H,1-7H2;1,3H2,2H3. The van der Waals surface area contributed by atoms with Crippen LogP contribution in [0.2, 0.25) is 0 Å². The van der Waals surface area contributed by atoms with Crippen molar-refractivity contribution < 1.29 is 0 Å². The summed E-state index contributed by atoms with van der Waals surface area (Å²) in [5.74, 6) is 2.35. The van der Waals surface area contributed by atoms with Gasteiger partial charge in [-0.1, -0.05) is 52.4 Å². The maximum absolute atomic E-state index is 3.49. The lowest BCUT2D eigenvalue weighted by atomic mass is 9.86. The van der Waals surface area contributed by atoms with E-state index < -0.39 is 0 Å². The van der Waals surface area contributed by atoms with Gasteiger partial charge in [-0.25, -0.2) is 0 Å². The highest BCUT2D eigenvalue weighted by molar-refractivity contribution is 4.82. The summed E-state index contributed by atoms with van der Waals surface area (Å²) in [5.41, 5.74) is 0. The maximum atomic E-state index is 3.49. The highest BCUT2D eigenvalue weighted by Gasteiger charge is 2.31. The van der Waals surface area contributed by atoms with Gasteiger partial charge < -0.3 is 0 Å². The van der Waals surface area contributed by atoms with Crippen molar-refractivity contribution in [1.29, 1.82) is 0 Å². The Labute approximate surface area is 77.7 Å². The quantitative estimate of drug-likeness (QED) is 0.549. The zero-order valence-corrected chi connectivity index (χ0v) is 8.52. The van der Waals surface area contributed by atoms with Crippen molar-refractivity contribution >= 4 is 0 Å². The predicted molar refractivity (Wildman–Crippen MR) is 54.9 cm³/mol. The Balaban J connectivity index is 0.000000213. The Hall–Kier alpha value is 0. The van der Waals surface area contributed by atoms with Crippen LogP contribution in [0.5, 0.6) is 0 Å². The van der Waals surface area contributed by atoms with Crippen LogP contribution in [0.3, 0.4) is 0 Å². The molecule has 0 unspecified atom stereocenters. The molecule has 0 bridgehead atoms. The van der Waals surface area contributed by atoms with E-state index in [1.807, 2.05) is 6.92 Å². The van der Waals surface area contributed by atoms with Crippen LogP contribution < -0.4 is 0 Å². The van der Waals surface area contributed by atoms with Crippen LogP contribution in [-0.2, 0) is 0 Å². The SMILES string of the molecule is C1CCC(C2CC2)CC1.[CH2]CC. The molecule has 0 aromatic heterocycles. The van der Waals surface area contributed by atoms with Gasteiger partial charge in [0.15, 0.2) is 0 Å². The average molecular weight is 167 g/mol. The molecule has 0 heteroatoms. The molecule has 0 saturated heterocycles. The van der Waals surface area contributed by atoms with Crippen molar-refractivity contribution in [3.05, 3.63) is 6.92 Å². The normalized spacial score (nSPS) is 24.5. The minimum absolute atomic E-state index is 1.00. The Morgan fingerprint density at radius 1 is 0.917 bits per heavy atom. The molecule has 71 valence electrons. The van der Waals surface area contributed by atoms with Crippen molar-refractivity contribution in [1.82, 2.24) is 0 Å². The lowest BCUT2D eigenvalue weighted by molar-refractivity contribution is 0.322. The fourth-order valence-electron chi connectivity index (χ4n) is 2.17. The van der Waals surface area contributed by atoms with Crippen LogP contribution in [0.15, 0.2) is 0 Å². The summed E-state index contributed by atoms with van der Waals surface area (Å²) in [7, 11) is 0. The Bertz CT molecular complexity index is 96.6. The molecule has 0 amide bonds. The van der Waals surface area contributed by atoms with E-state index >= 15 is 0 Å². The second-order valence-corrected chi connectivity index (χ2v) is 4.24. The highest BCUT2D eigenvalue weighted by Crippen LogP contribution is 2.43. The third-order valence-corrected chi connectivity index (χ3v) is 2.94. The van der Waals surface area contributed by atoms with Gasteiger partial charge in [-0.2, -0.15) is 0 Å². The molecule has 12 heavy (non-hydrogen) atoms. The van der Waals surface area contributed by atoms with E-state index in [0.29, 0.717) is 0 Å². The predicted octanol–water partition coefficient (Wildman–Crippen LogP) is 4.21. The first-order valence-corrected chi connectivity index (χ1v) is 5.67. The van der Waals surface area contributed by atoms with E-state index in [2.05, 4.69) is 6.92 Å². The lowest BCUT2D eigenvalue weighted by Crippen LogP contribution is -2.07. The minimum atomic E-state index is 1.00. The summed E-state index contributed by atoms with van der Waals surface area (Å²) in [6, 6.07) is 0. The Morgan fingerprint density at radius 2 is 1.33 bits per heavy atom. The first-order valence-electron chi connectivity index (χ1n) is 5.67. The molecule has 2 aliphatic rings. The zero-order valence-electron chi connectivity index (χ0n) is 8.52. The second-order valence-electron chi connectivity index (χ2n) is 4.24. The third-order valence-electron chi connectivity index (χ3n) is 2.94. The van der Waals surface area contributed by atoms with Crippen LogP contribution in [0.1, 0.15) is 58.3 Å². The largest absolute Gasteiger partial charge is 0.0654 e. The van der Waals surface area contributed by atoms with Gasteiger partial charge in [-0.3, -0.25) is 0 Å². The van der Waals surface area contributed by atoms with Gasteiger partial charge in [0, 0.05) is 0 Å². The average Bonchev–Trinajstić information content (AvgIpc) is 2.90. The van der Waals surface area contributed by atoms with Crippen molar-refractivity contribution in [3.63, 3.8) is 0 Å². The number of rotatable bonds is 1. The zero-order chi connectivity index (χ0) is 8.81. The minimum Gasteiger partial charge on any atom is -0.0654 e. The van der Waals surface area contributed by atoms with E-state index in [4.69, 9.17) is 0 Å².